The molecule has 110 valence electrons. The lowest BCUT2D eigenvalue weighted by Crippen LogP contribution is -2.30. The molecule has 3 rings (SSSR count). The van der Waals surface area contributed by atoms with Crippen molar-refractivity contribution in [2.75, 3.05) is 5.32 Å². The van der Waals surface area contributed by atoms with Crippen molar-refractivity contribution in [3.63, 3.8) is 0 Å². The molecular weight excluding hydrogens is 266 g/mol. The Kier molecular flexibility index (Phi) is 3.75. The smallest absolute Gasteiger partial charge is 0.227 e. The zero-order valence-corrected chi connectivity index (χ0v) is 11.8. The summed E-state index contributed by atoms with van der Waals surface area (Å²) in [5.41, 5.74) is 0.816. The first-order chi connectivity index (χ1) is 10.1. The molecule has 1 aliphatic rings. The van der Waals surface area contributed by atoms with Crippen LogP contribution in [0, 0.1) is 0 Å². The van der Waals surface area contributed by atoms with Crippen molar-refractivity contribution < 1.29 is 9.90 Å². The molecule has 0 bridgehead atoms. The second-order valence-electron chi connectivity index (χ2n) is 5.67. The molecule has 1 aromatic heterocycles. The number of aromatic nitrogens is 2. The van der Waals surface area contributed by atoms with Gasteiger partial charge in [-0.25, -0.2) is 4.98 Å². The average molecular weight is 285 g/mol. The molecule has 3 N–H and O–H groups in total. The predicted octanol–water partition coefficient (Wildman–Crippen LogP) is 2.71. The van der Waals surface area contributed by atoms with Crippen molar-refractivity contribution in [2.45, 2.75) is 37.7 Å². The van der Waals surface area contributed by atoms with E-state index in [9.17, 15) is 9.90 Å². The lowest BCUT2D eigenvalue weighted by Gasteiger charge is -2.21. The van der Waals surface area contributed by atoms with Gasteiger partial charge in [-0.15, -0.1) is 0 Å². The Morgan fingerprint density at radius 2 is 2.19 bits per heavy atom. The molecule has 0 atom stereocenters. The van der Waals surface area contributed by atoms with E-state index in [2.05, 4.69) is 15.3 Å². The van der Waals surface area contributed by atoms with Crippen molar-refractivity contribution in [1.82, 2.24) is 9.97 Å². The summed E-state index contributed by atoms with van der Waals surface area (Å²) in [6.07, 6.45) is 7.04. The van der Waals surface area contributed by atoms with Gasteiger partial charge in [-0.2, -0.15) is 0 Å². The average Bonchev–Trinajstić information content (AvgIpc) is 3.10. The van der Waals surface area contributed by atoms with Crippen LogP contribution in [0.3, 0.4) is 0 Å². The van der Waals surface area contributed by atoms with Crippen LogP contribution in [0.25, 0.3) is 11.4 Å². The van der Waals surface area contributed by atoms with Crippen molar-refractivity contribution in [3.8, 4) is 11.4 Å². The van der Waals surface area contributed by atoms with Gasteiger partial charge in [0.1, 0.15) is 5.82 Å². The summed E-state index contributed by atoms with van der Waals surface area (Å²) in [5, 5.41) is 13.1. The van der Waals surface area contributed by atoms with Crippen LogP contribution in [0.2, 0.25) is 0 Å². The SMILES string of the molecule is O=C(CC1(O)CCCC1)Nc1cccc(-c2ncc[nH]2)c1. The summed E-state index contributed by atoms with van der Waals surface area (Å²) < 4.78 is 0. The number of aromatic amines is 1. The lowest BCUT2D eigenvalue weighted by atomic mass is 9.97. The van der Waals surface area contributed by atoms with Gasteiger partial charge in [-0.05, 0) is 25.0 Å². The van der Waals surface area contributed by atoms with E-state index in [1.807, 2.05) is 24.3 Å². The lowest BCUT2D eigenvalue weighted by molar-refractivity contribution is -0.120. The van der Waals surface area contributed by atoms with Crippen LogP contribution >= 0.6 is 0 Å². The van der Waals surface area contributed by atoms with E-state index in [4.69, 9.17) is 0 Å². The van der Waals surface area contributed by atoms with E-state index in [1.54, 1.807) is 12.4 Å². The molecule has 0 aliphatic heterocycles. The Bertz CT molecular complexity index is 616. The first-order valence-electron chi connectivity index (χ1n) is 7.27. The normalized spacial score (nSPS) is 16.8. The molecule has 1 amide bonds. The minimum atomic E-state index is -0.817. The summed E-state index contributed by atoms with van der Waals surface area (Å²) in [6, 6.07) is 7.51. The Morgan fingerprint density at radius 1 is 1.38 bits per heavy atom. The third-order valence-corrected chi connectivity index (χ3v) is 3.94. The van der Waals surface area contributed by atoms with Crippen LogP contribution in [-0.4, -0.2) is 26.6 Å². The van der Waals surface area contributed by atoms with Gasteiger partial charge in [-0.1, -0.05) is 25.0 Å². The number of nitrogens with zero attached hydrogens (tertiary/aromatic N) is 1. The fourth-order valence-corrected chi connectivity index (χ4v) is 2.88. The molecular formula is C16H19N3O2. The highest BCUT2D eigenvalue weighted by Crippen LogP contribution is 2.32. The summed E-state index contributed by atoms with van der Waals surface area (Å²) in [6.45, 7) is 0. The number of imidazole rings is 1. The first-order valence-corrected chi connectivity index (χ1v) is 7.27. The second kappa shape index (κ2) is 5.69. The van der Waals surface area contributed by atoms with Gasteiger partial charge in [0.2, 0.25) is 5.91 Å². The predicted molar refractivity (Wildman–Crippen MR) is 80.7 cm³/mol. The maximum absolute atomic E-state index is 12.1. The highest BCUT2D eigenvalue weighted by molar-refractivity contribution is 5.92. The van der Waals surface area contributed by atoms with Gasteiger partial charge < -0.3 is 15.4 Å². The fraction of sp³-hybridized carbons (Fsp3) is 0.375. The highest BCUT2D eigenvalue weighted by Gasteiger charge is 2.33. The minimum absolute atomic E-state index is 0.143. The number of carbonyl (C=O) groups excluding carboxylic acids is 1. The van der Waals surface area contributed by atoms with E-state index >= 15 is 0 Å². The van der Waals surface area contributed by atoms with Crippen molar-refractivity contribution in [1.29, 1.82) is 0 Å². The molecule has 0 spiro atoms. The Morgan fingerprint density at radius 3 is 2.90 bits per heavy atom. The van der Waals surface area contributed by atoms with Gasteiger partial charge in [0.25, 0.3) is 0 Å². The van der Waals surface area contributed by atoms with Crippen molar-refractivity contribution >= 4 is 11.6 Å². The standard InChI is InChI=1S/C16H19N3O2/c20-14(11-16(21)6-1-2-7-16)19-13-5-3-4-12(10-13)15-17-8-9-18-15/h3-5,8-10,21H,1-2,6-7,11H2,(H,17,18)(H,19,20). The summed E-state index contributed by atoms with van der Waals surface area (Å²) in [7, 11) is 0. The second-order valence-corrected chi connectivity index (χ2v) is 5.67. The van der Waals surface area contributed by atoms with Gasteiger partial charge >= 0.3 is 0 Å². The Balaban J connectivity index is 1.67. The zero-order valence-electron chi connectivity index (χ0n) is 11.8. The molecule has 0 radical (unpaired) electrons. The van der Waals surface area contributed by atoms with Crippen LogP contribution in [0.5, 0.6) is 0 Å². The quantitative estimate of drug-likeness (QED) is 0.808. The number of nitrogens with one attached hydrogen (secondary N) is 2. The largest absolute Gasteiger partial charge is 0.389 e. The molecule has 1 fully saturated rings. The molecule has 5 nitrogen and oxygen atoms in total. The molecule has 1 heterocycles. The number of hydrogen-bond acceptors (Lipinski definition) is 3. The summed E-state index contributed by atoms with van der Waals surface area (Å²) in [4.78, 5) is 19.3. The first kappa shape index (κ1) is 13.8. The van der Waals surface area contributed by atoms with Gasteiger partial charge in [-0.3, -0.25) is 4.79 Å². The molecule has 5 heteroatoms. The molecule has 21 heavy (non-hydrogen) atoms. The maximum atomic E-state index is 12.1. The van der Waals surface area contributed by atoms with Crippen LogP contribution in [0.4, 0.5) is 5.69 Å². The minimum Gasteiger partial charge on any atom is -0.389 e. The van der Waals surface area contributed by atoms with E-state index in [1.165, 1.54) is 0 Å². The third kappa shape index (κ3) is 3.31. The number of benzene rings is 1. The number of rotatable bonds is 4. The van der Waals surface area contributed by atoms with E-state index in [-0.39, 0.29) is 12.3 Å². The highest BCUT2D eigenvalue weighted by atomic mass is 16.3. The topological polar surface area (TPSA) is 78.0 Å². The van der Waals surface area contributed by atoms with E-state index < -0.39 is 5.60 Å². The molecule has 1 aromatic carbocycles. The molecule has 0 unspecified atom stereocenters. The fourth-order valence-electron chi connectivity index (χ4n) is 2.88. The van der Waals surface area contributed by atoms with Crippen LogP contribution < -0.4 is 5.32 Å². The zero-order chi connectivity index (χ0) is 14.7. The van der Waals surface area contributed by atoms with E-state index in [0.29, 0.717) is 12.8 Å². The molecule has 1 saturated carbocycles. The van der Waals surface area contributed by atoms with Gasteiger partial charge in [0, 0.05) is 23.6 Å². The van der Waals surface area contributed by atoms with Crippen LogP contribution in [-0.2, 0) is 4.79 Å². The van der Waals surface area contributed by atoms with Crippen molar-refractivity contribution in [3.05, 3.63) is 36.7 Å². The van der Waals surface area contributed by atoms with E-state index in [0.717, 1.165) is 29.9 Å². The number of hydrogen-bond donors (Lipinski definition) is 3. The van der Waals surface area contributed by atoms with Gasteiger partial charge in [0.05, 0.1) is 12.0 Å². The maximum Gasteiger partial charge on any atom is 0.227 e. The third-order valence-electron chi connectivity index (χ3n) is 3.94. The van der Waals surface area contributed by atoms with Crippen LogP contribution in [0.15, 0.2) is 36.7 Å². The number of aliphatic hydroxyl groups is 1. The van der Waals surface area contributed by atoms with Crippen LogP contribution in [0.1, 0.15) is 32.1 Å². The van der Waals surface area contributed by atoms with Crippen molar-refractivity contribution in [2.24, 2.45) is 0 Å². The molecule has 1 aliphatic carbocycles. The molecule has 0 saturated heterocycles. The monoisotopic (exact) mass is 285 g/mol. The number of amides is 1. The summed E-state index contributed by atoms with van der Waals surface area (Å²) in [5.74, 6) is 0.622. The number of anilines is 1. The molecule has 2 aromatic rings. The number of carbonyl (C=O) groups is 1. The Labute approximate surface area is 123 Å². The number of H-pyrrole nitrogens is 1. The van der Waals surface area contributed by atoms with Gasteiger partial charge in [0.15, 0.2) is 0 Å². The Hall–Kier alpha value is -2.14. The summed E-state index contributed by atoms with van der Waals surface area (Å²) >= 11 is 0.